The Hall–Kier alpha value is -2.21. The first-order chi connectivity index (χ1) is 11.0. The Morgan fingerprint density at radius 3 is 2.52 bits per heavy atom. The maximum atomic E-state index is 13.2. The lowest BCUT2D eigenvalue weighted by Crippen LogP contribution is -2.34. The molecule has 0 spiro atoms. The number of likely N-dealkylation sites (N-methyl/N-ethyl adjacent to an activating group) is 1. The molecule has 0 atom stereocenters. The summed E-state index contributed by atoms with van der Waals surface area (Å²) in [5.41, 5.74) is 0.767. The number of esters is 1. The Labute approximate surface area is 142 Å². The summed E-state index contributed by atoms with van der Waals surface area (Å²) in [5, 5.41) is 0. The van der Waals surface area contributed by atoms with Gasteiger partial charge in [-0.3, -0.25) is 4.79 Å². The molecule has 0 aliphatic rings. The molecule has 0 aliphatic heterocycles. The maximum Gasteiger partial charge on any atom is 0.339 e. The average Bonchev–Trinajstić information content (AvgIpc) is 2.56. The van der Waals surface area contributed by atoms with Crippen LogP contribution in [-0.2, 0) is 9.53 Å². The van der Waals surface area contributed by atoms with E-state index in [0.717, 1.165) is 11.8 Å². The van der Waals surface area contributed by atoms with Gasteiger partial charge in [0.05, 0.1) is 5.56 Å². The van der Waals surface area contributed by atoms with E-state index >= 15 is 0 Å². The molecule has 23 heavy (non-hydrogen) atoms. The third-order valence-electron chi connectivity index (χ3n) is 3.16. The van der Waals surface area contributed by atoms with E-state index in [0.29, 0.717) is 11.0 Å². The van der Waals surface area contributed by atoms with Crippen molar-refractivity contribution >= 4 is 33.5 Å². The number of benzene rings is 2. The van der Waals surface area contributed by atoms with Gasteiger partial charge in [-0.15, -0.1) is 0 Å². The Balaban J connectivity index is 2.03. The second kappa shape index (κ2) is 7.87. The fourth-order valence-corrected chi connectivity index (χ4v) is 2.46. The monoisotopic (exact) mass is 379 g/mol. The number of amides is 1. The third-order valence-corrected chi connectivity index (χ3v) is 3.85. The van der Waals surface area contributed by atoms with Crippen molar-refractivity contribution in [1.82, 2.24) is 0 Å². The van der Waals surface area contributed by atoms with Crippen molar-refractivity contribution in [1.29, 1.82) is 0 Å². The number of carbonyl (C=O) groups is 2. The standard InChI is InChI=1S/C17H15BrFNO3/c1-2-20(13-6-4-3-5-7-13)16(21)11-23-17(22)14-10-12(19)8-9-15(14)18/h3-10H,2,11H2,1H3. The Morgan fingerprint density at radius 2 is 1.87 bits per heavy atom. The zero-order valence-electron chi connectivity index (χ0n) is 12.5. The number of hydrogen-bond donors (Lipinski definition) is 0. The van der Waals surface area contributed by atoms with Crippen LogP contribution in [0.5, 0.6) is 0 Å². The largest absolute Gasteiger partial charge is 0.452 e. The lowest BCUT2D eigenvalue weighted by molar-refractivity contribution is -0.121. The second-order valence-corrected chi connectivity index (χ2v) is 5.53. The number of anilines is 1. The number of nitrogens with zero attached hydrogens (tertiary/aromatic N) is 1. The predicted octanol–water partition coefficient (Wildman–Crippen LogP) is 3.80. The van der Waals surface area contributed by atoms with E-state index in [1.54, 1.807) is 12.1 Å². The maximum absolute atomic E-state index is 13.2. The summed E-state index contributed by atoms with van der Waals surface area (Å²) in [6.45, 7) is 1.87. The van der Waals surface area contributed by atoms with Gasteiger partial charge < -0.3 is 9.64 Å². The van der Waals surface area contributed by atoms with E-state index in [1.807, 2.05) is 25.1 Å². The van der Waals surface area contributed by atoms with Crippen LogP contribution in [0.1, 0.15) is 17.3 Å². The molecule has 0 fully saturated rings. The Kier molecular flexibility index (Phi) is 5.87. The smallest absolute Gasteiger partial charge is 0.339 e. The number of carbonyl (C=O) groups excluding carboxylic acids is 2. The summed E-state index contributed by atoms with van der Waals surface area (Å²) in [7, 11) is 0. The number of halogens is 2. The van der Waals surface area contributed by atoms with Gasteiger partial charge in [0.25, 0.3) is 5.91 Å². The fourth-order valence-electron chi connectivity index (χ4n) is 2.05. The van der Waals surface area contributed by atoms with E-state index in [-0.39, 0.29) is 11.5 Å². The van der Waals surface area contributed by atoms with Crippen molar-refractivity contribution in [2.75, 3.05) is 18.1 Å². The van der Waals surface area contributed by atoms with Gasteiger partial charge in [0.2, 0.25) is 0 Å². The van der Waals surface area contributed by atoms with Gasteiger partial charge in [0.15, 0.2) is 6.61 Å². The Morgan fingerprint density at radius 1 is 1.17 bits per heavy atom. The van der Waals surface area contributed by atoms with Gasteiger partial charge in [0.1, 0.15) is 5.82 Å². The summed E-state index contributed by atoms with van der Waals surface area (Å²) >= 11 is 3.15. The number of hydrogen-bond acceptors (Lipinski definition) is 3. The van der Waals surface area contributed by atoms with Gasteiger partial charge in [-0.25, -0.2) is 9.18 Å². The zero-order valence-corrected chi connectivity index (χ0v) is 14.0. The first-order valence-corrected chi connectivity index (χ1v) is 7.79. The van der Waals surface area contributed by atoms with E-state index in [9.17, 15) is 14.0 Å². The quantitative estimate of drug-likeness (QED) is 0.742. The average molecular weight is 380 g/mol. The van der Waals surface area contributed by atoms with Crippen LogP contribution in [0.4, 0.5) is 10.1 Å². The van der Waals surface area contributed by atoms with Crippen LogP contribution in [0.15, 0.2) is 53.0 Å². The van der Waals surface area contributed by atoms with Crippen molar-refractivity contribution in [3.05, 3.63) is 64.4 Å². The SMILES string of the molecule is CCN(C(=O)COC(=O)c1cc(F)ccc1Br)c1ccccc1. The van der Waals surface area contributed by atoms with Gasteiger partial charge in [-0.05, 0) is 53.2 Å². The van der Waals surface area contributed by atoms with Crippen LogP contribution in [0.25, 0.3) is 0 Å². The highest BCUT2D eigenvalue weighted by molar-refractivity contribution is 9.10. The highest BCUT2D eigenvalue weighted by Crippen LogP contribution is 2.19. The van der Waals surface area contributed by atoms with Crippen molar-refractivity contribution in [3.8, 4) is 0 Å². The number of ether oxygens (including phenoxy) is 1. The predicted molar refractivity (Wildman–Crippen MR) is 88.9 cm³/mol. The zero-order chi connectivity index (χ0) is 16.8. The van der Waals surface area contributed by atoms with Crippen LogP contribution >= 0.6 is 15.9 Å². The highest BCUT2D eigenvalue weighted by atomic mass is 79.9. The minimum Gasteiger partial charge on any atom is -0.452 e. The molecule has 0 N–H and O–H groups in total. The molecule has 0 aliphatic carbocycles. The molecule has 0 saturated heterocycles. The normalized spacial score (nSPS) is 10.2. The first-order valence-electron chi connectivity index (χ1n) is 7.00. The molecular formula is C17H15BrFNO3. The molecule has 2 aromatic rings. The van der Waals surface area contributed by atoms with Gasteiger partial charge in [-0.1, -0.05) is 18.2 Å². The van der Waals surface area contributed by atoms with Crippen molar-refractivity contribution in [2.45, 2.75) is 6.92 Å². The second-order valence-electron chi connectivity index (χ2n) is 4.67. The topological polar surface area (TPSA) is 46.6 Å². The van der Waals surface area contributed by atoms with E-state index < -0.39 is 18.4 Å². The molecule has 2 aromatic carbocycles. The lowest BCUT2D eigenvalue weighted by Gasteiger charge is -2.20. The van der Waals surface area contributed by atoms with Crippen LogP contribution in [0.3, 0.4) is 0 Å². The van der Waals surface area contributed by atoms with Crippen LogP contribution < -0.4 is 4.90 Å². The minimum absolute atomic E-state index is 0.0422. The molecule has 0 heterocycles. The summed E-state index contributed by atoms with van der Waals surface area (Å²) in [6.07, 6.45) is 0. The van der Waals surface area contributed by atoms with Crippen molar-refractivity contribution in [3.63, 3.8) is 0 Å². The summed E-state index contributed by atoms with van der Waals surface area (Å²) in [5.74, 6) is -1.65. The molecular weight excluding hydrogens is 365 g/mol. The molecule has 0 saturated carbocycles. The summed E-state index contributed by atoms with van der Waals surface area (Å²) < 4.78 is 18.6. The molecule has 4 nitrogen and oxygen atoms in total. The van der Waals surface area contributed by atoms with E-state index in [1.165, 1.54) is 17.0 Å². The van der Waals surface area contributed by atoms with E-state index in [4.69, 9.17) is 4.74 Å². The molecule has 0 aromatic heterocycles. The number of rotatable bonds is 5. The van der Waals surface area contributed by atoms with Gasteiger partial charge >= 0.3 is 5.97 Å². The molecule has 120 valence electrons. The van der Waals surface area contributed by atoms with Crippen LogP contribution in [-0.4, -0.2) is 25.0 Å². The molecule has 1 amide bonds. The molecule has 2 rings (SSSR count). The fraction of sp³-hybridized carbons (Fsp3) is 0.176. The van der Waals surface area contributed by atoms with Crippen LogP contribution in [0, 0.1) is 5.82 Å². The summed E-state index contributed by atoms with van der Waals surface area (Å²) in [6, 6.07) is 12.8. The lowest BCUT2D eigenvalue weighted by atomic mass is 10.2. The molecule has 6 heteroatoms. The number of para-hydroxylation sites is 1. The molecule has 0 bridgehead atoms. The summed E-state index contributed by atoms with van der Waals surface area (Å²) in [4.78, 5) is 25.7. The van der Waals surface area contributed by atoms with Crippen molar-refractivity contribution in [2.24, 2.45) is 0 Å². The Bertz CT molecular complexity index is 706. The van der Waals surface area contributed by atoms with Crippen molar-refractivity contribution < 1.29 is 18.7 Å². The molecule has 0 unspecified atom stereocenters. The first kappa shape index (κ1) is 17.1. The van der Waals surface area contributed by atoms with E-state index in [2.05, 4.69) is 15.9 Å². The third kappa shape index (κ3) is 4.39. The molecule has 0 radical (unpaired) electrons. The van der Waals surface area contributed by atoms with Crippen LogP contribution in [0.2, 0.25) is 0 Å². The van der Waals surface area contributed by atoms with Gasteiger partial charge in [0, 0.05) is 16.7 Å². The highest BCUT2D eigenvalue weighted by Gasteiger charge is 2.18. The van der Waals surface area contributed by atoms with Gasteiger partial charge in [-0.2, -0.15) is 0 Å². The minimum atomic E-state index is -0.756.